The summed E-state index contributed by atoms with van der Waals surface area (Å²) in [6.07, 6.45) is 1.72. The second-order valence-corrected chi connectivity index (χ2v) is 9.48. The fraction of sp³-hybridized carbons (Fsp3) is 0.150. The summed E-state index contributed by atoms with van der Waals surface area (Å²) in [5, 5.41) is 17.5. The van der Waals surface area contributed by atoms with Gasteiger partial charge >= 0.3 is 0 Å². The third-order valence-corrected chi connectivity index (χ3v) is 6.51. The van der Waals surface area contributed by atoms with E-state index in [4.69, 9.17) is 16.7 Å². The normalized spacial score (nSPS) is 11.3. The molecule has 0 atom stereocenters. The maximum absolute atomic E-state index is 12.4. The van der Waals surface area contributed by atoms with E-state index >= 15 is 0 Å². The lowest BCUT2D eigenvalue weighted by atomic mass is 10.2. The molecule has 2 aromatic carbocycles. The maximum Gasteiger partial charge on any atom is 0.238 e. The number of thioether (sulfide) groups is 1. The first kappa shape index (κ1) is 23.0. The minimum absolute atomic E-state index is 0.0312. The Morgan fingerprint density at radius 1 is 1.26 bits per heavy atom. The largest absolute Gasteiger partial charge is 0.325 e. The van der Waals surface area contributed by atoms with Crippen molar-refractivity contribution in [3.8, 4) is 11.4 Å². The molecule has 0 spiro atoms. The molecule has 0 aliphatic heterocycles. The fourth-order valence-corrected chi connectivity index (χ4v) is 4.50. The SMILES string of the molecule is C=CCn1c(SCC(=O)Nc2ccc(C)c(S(N)(=O)=O)c2)nnc1-c1ccc(Cl)cc1. The molecule has 0 fully saturated rings. The number of anilines is 1. The van der Waals surface area contributed by atoms with Gasteiger partial charge in [-0.1, -0.05) is 35.5 Å². The van der Waals surface area contributed by atoms with Crippen molar-refractivity contribution in [2.45, 2.75) is 23.5 Å². The number of allylic oxidation sites excluding steroid dienone is 1. The average molecular weight is 478 g/mol. The van der Waals surface area contributed by atoms with Crippen LogP contribution in [0.5, 0.6) is 0 Å². The lowest BCUT2D eigenvalue weighted by Crippen LogP contribution is -2.17. The number of carbonyl (C=O) groups excluding carboxylic acids is 1. The van der Waals surface area contributed by atoms with Crippen LogP contribution in [0.2, 0.25) is 5.02 Å². The highest BCUT2D eigenvalue weighted by Gasteiger charge is 2.16. The predicted octanol–water partition coefficient (Wildman–Crippen LogP) is 3.47. The van der Waals surface area contributed by atoms with E-state index in [0.717, 1.165) is 5.56 Å². The number of aryl methyl sites for hydroxylation is 1. The molecular formula is C20H20ClN5O3S2. The molecule has 31 heavy (non-hydrogen) atoms. The lowest BCUT2D eigenvalue weighted by molar-refractivity contribution is -0.113. The van der Waals surface area contributed by atoms with E-state index in [-0.39, 0.29) is 16.6 Å². The number of nitrogens with one attached hydrogen (secondary N) is 1. The quantitative estimate of drug-likeness (QED) is 0.378. The summed E-state index contributed by atoms with van der Waals surface area (Å²) in [7, 11) is -3.88. The zero-order valence-corrected chi connectivity index (χ0v) is 19.0. The monoisotopic (exact) mass is 477 g/mol. The third-order valence-electron chi connectivity index (χ3n) is 4.24. The van der Waals surface area contributed by atoms with Gasteiger partial charge in [-0.25, -0.2) is 13.6 Å². The molecule has 162 valence electrons. The lowest BCUT2D eigenvalue weighted by Gasteiger charge is -2.10. The van der Waals surface area contributed by atoms with Crippen LogP contribution in [-0.2, 0) is 21.4 Å². The van der Waals surface area contributed by atoms with Gasteiger partial charge in [0.25, 0.3) is 0 Å². The molecule has 11 heteroatoms. The van der Waals surface area contributed by atoms with E-state index in [0.29, 0.717) is 33.8 Å². The molecule has 0 unspecified atom stereocenters. The molecule has 0 saturated carbocycles. The van der Waals surface area contributed by atoms with Crippen molar-refractivity contribution >= 4 is 45.0 Å². The first-order valence-corrected chi connectivity index (χ1v) is 12.0. The minimum Gasteiger partial charge on any atom is -0.325 e. The van der Waals surface area contributed by atoms with Gasteiger partial charge in [0.2, 0.25) is 15.9 Å². The molecule has 0 aliphatic rings. The fourth-order valence-electron chi connectivity index (χ4n) is 2.81. The average Bonchev–Trinajstić information content (AvgIpc) is 3.10. The van der Waals surface area contributed by atoms with Crippen LogP contribution < -0.4 is 10.5 Å². The van der Waals surface area contributed by atoms with E-state index in [1.54, 1.807) is 37.3 Å². The number of amides is 1. The van der Waals surface area contributed by atoms with Crippen molar-refractivity contribution in [1.29, 1.82) is 0 Å². The number of nitrogens with two attached hydrogens (primary N) is 1. The van der Waals surface area contributed by atoms with Crippen molar-refractivity contribution in [3.63, 3.8) is 0 Å². The summed E-state index contributed by atoms with van der Waals surface area (Å²) in [4.78, 5) is 12.4. The van der Waals surface area contributed by atoms with Crippen LogP contribution in [0.15, 0.2) is 65.2 Å². The molecule has 8 nitrogen and oxygen atoms in total. The second-order valence-electron chi connectivity index (χ2n) is 6.57. The van der Waals surface area contributed by atoms with E-state index in [1.807, 2.05) is 16.7 Å². The Labute approximate surface area is 189 Å². The number of hydrogen-bond acceptors (Lipinski definition) is 6. The Morgan fingerprint density at radius 2 is 1.97 bits per heavy atom. The molecular weight excluding hydrogens is 458 g/mol. The number of nitrogens with zero attached hydrogens (tertiary/aromatic N) is 3. The molecule has 0 aliphatic carbocycles. The number of aromatic nitrogens is 3. The van der Waals surface area contributed by atoms with Crippen molar-refractivity contribution in [2.75, 3.05) is 11.1 Å². The van der Waals surface area contributed by atoms with Gasteiger partial charge in [0.05, 0.1) is 10.6 Å². The maximum atomic E-state index is 12.4. The van der Waals surface area contributed by atoms with Crippen molar-refractivity contribution in [2.24, 2.45) is 5.14 Å². The first-order chi connectivity index (χ1) is 14.7. The number of hydrogen-bond donors (Lipinski definition) is 2. The Bertz CT molecular complexity index is 1220. The summed E-state index contributed by atoms with van der Waals surface area (Å²) in [6, 6.07) is 11.8. The first-order valence-electron chi connectivity index (χ1n) is 9.05. The van der Waals surface area contributed by atoms with Gasteiger partial charge in [-0.2, -0.15) is 0 Å². The standard InChI is InChI=1S/C20H20ClN5O3S2/c1-3-10-26-19(14-5-7-15(21)8-6-14)24-25-20(26)30-12-18(27)23-16-9-4-13(2)17(11-16)31(22,28)29/h3-9,11H,1,10,12H2,2H3,(H,23,27)(H2,22,28,29). The number of carbonyl (C=O) groups is 1. The summed E-state index contributed by atoms with van der Waals surface area (Å²) in [5.41, 5.74) is 1.68. The number of rotatable bonds is 8. The van der Waals surface area contributed by atoms with Gasteiger partial charge in [0.15, 0.2) is 11.0 Å². The summed E-state index contributed by atoms with van der Waals surface area (Å²) in [6.45, 7) is 5.86. The van der Waals surface area contributed by atoms with Crippen LogP contribution in [0, 0.1) is 6.92 Å². The predicted molar refractivity (Wildman–Crippen MR) is 123 cm³/mol. The molecule has 0 saturated heterocycles. The number of sulfonamides is 1. The van der Waals surface area contributed by atoms with Crippen LogP contribution in [-0.4, -0.2) is 34.8 Å². The number of halogens is 1. The van der Waals surface area contributed by atoms with Gasteiger partial charge in [0.1, 0.15) is 0 Å². The molecule has 1 aromatic heterocycles. The summed E-state index contributed by atoms with van der Waals surface area (Å²) < 4.78 is 25.2. The van der Waals surface area contributed by atoms with Crippen molar-refractivity contribution in [3.05, 3.63) is 65.7 Å². The van der Waals surface area contributed by atoms with E-state index in [2.05, 4.69) is 22.1 Å². The molecule has 3 aromatic rings. The van der Waals surface area contributed by atoms with Gasteiger partial charge in [-0.05, 0) is 48.9 Å². The van der Waals surface area contributed by atoms with E-state index < -0.39 is 10.0 Å². The Morgan fingerprint density at radius 3 is 2.61 bits per heavy atom. The van der Waals surface area contributed by atoms with Crippen molar-refractivity contribution in [1.82, 2.24) is 14.8 Å². The van der Waals surface area contributed by atoms with Crippen LogP contribution in [0.1, 0.15) is 5.56 Å². The highest BCUT2D eigenvalue weighted by atomic mass is 35.5. The van der Waals surface area contributed by atoms with Crippen molar-refractivity contribution < 1.29 is 13.2 Å². The van der Waals surface area contributed by atoms with E-state index in [1.165, 1.54) is 17.8 Å². The Balaban J connectivity index is 1.73. The summed E-state index contributed by atoms with van der Waals surface area (Å²) in [5.74, 6) is 0.361. The van der Waals surface area contributed by atoms with Gasteiger partial charge in [0, 0.05) is 22.8 Å². The topological polar surface area (TPSA) is 120 Å². The molecule has 0 radical (unpaired) electrons. The van der Waals surface area contributed by atoms with Gasteiger partial charge < -0.3 is 5.32 Å². The number of primary sulfonamides is 1. The van der Waals surface area contributed by atoms with Crippen LogP contribution >= 0.6 is 23.4 Å². The third kappa shape index (κ3) is 5.73. The van der Waals surface area contributed by atoms with E-state index in [9.17, 15) is 13.2 Å². The highest BCUT2D eigenvalue weighted by Crippen LogP contribution is 2.26. The number of benzene rings is 2. The molecule has 3 N–H and O–H groups in total. The zero-order valence-electron chi connectivity index (χ0n) is 16.6. The molecule has 3 rings (SSSR count). The highest BCUT2D eigenvalue weighted by molar-refractivity contribution is 7.99. The second kappa shape index (κ2) is 9.65. The molecule has 0 bridgehead atoms. The van der Waals surface area contributed by atoms with Gasteiger partial charge in [-0.3, -0.25) is 9.36 Å². The Kier molecular flexibility index (Phi) is 7.16. The zero-order chi connectivity index (χ0) is 22.6. The van der Waals surface area contributed by atoms with Crippen LogP contribution in [0.25, 0.3) is 11.4 Å². The molecule has 1 heterocycles. The van der Waals surface area contributed by atoms with Gasteiger partial charge in [-0.15, -0.1) is 16.8 Å². The van der Waals surface area contributed by atoms with Crippen LogP contribution in [0.3, 0.4) is 0 Å². The Hall–Kier alpha value is -2.66. The molecule has 1 amide bonds. The smallest absolute Gasteiger partial charge is 0.238 e. The minimum atomic E-state index is -3.88. The summed E-state index contributed by atoms with van der Waals surface area (Å²) >= 11 is 7.16. The van der Waals surface area contributed by atoms with Crippen LogP contribution in [0.4, 0.5) is 5.69 Å².